The van der Waals surface area contributed by atoms with E-state index in [1.807, 2.05) is 42.5 Å². The fourth-order valence-corrected chi connectivity index (χ4v) is 4.20. The van der Waals surface area contributed by atoms with Crippen LogP contribution in [0.5, 0.6) is 0 Å². The van der Waals surface area contributed by atoms with E-state index < -0.39 is 0 Å². The van der Waals surface area contributed by atoms with Gasteiger partial charge in [0.25, 0.3) is 5.91 Å². The standard InChI is InChI=1S/C23H28N4O/c1-25(2)14-15-27-16-19(18-10-4-5-11-20(18)27)23(28)26(3)21-12-6-8-17-9-7-13-24-22(17)21/h4-5,7,9-11,13,16,21H,6,8,12,14-15H2,1-3H3. The first kappa shape index (κ1) is 18.7. The monoisotopic (exact) mass is 376 g/mol. The molecule has 0 radical (unpaired) electrons. The highest BCUT2D eigenvalue weighted by Crippen LogP contribution is 2.33. The van der Waals surface area contributed by atoms with E-state index in [9.17, 15) is 4.79 Å². The maximum Gasteiger partial charge on any atom is 0.256 e. The van der Waals surface area contributed by atoms with Crippen molar-refractivity contribution in [1.82, 2.24) is 19.4 Å². The Kier molecular flexibility index (Phi) is 5.18. The molecule has 0 aliphatic heterocycles. The molecule has 0 N–H and O–H groups in total. The maximum atomic E-state index is 13.5. The predicted molar refractivity (Wildman–Crippen MR) is 113 cm³/mol. The van der Waals surface area contributed by atoms with Crippen molar-refractivity contribution in [3.8, 4) is 0 Å². The summed E-state index contributed by atoms with van der Waals surface area (Å²) in [6.45, 7) is 1.79. The number of carbonyl (C=O) groups excluding carboxylic acids is 1. The number of rotatable bonds is 5. The molecule has 2 heterocycles. The summed E-state index contributed by atoms with van der Waals surface area (Å²) in [5, 5.41) is 1.02. The van der Waals surface area contributed by atoms with Crippen LogP contribution in [0.4, 0.5) is 0 Å². The van der Waals surface area contributed by atoms with E-state index in [1.54, 1.807) is 0 Å². The van der Waals surface area contributed by atoms with Crippen molar-refractivity contribution in [3.05, 3.63) is 65.6 Å². The molecular weight excluding hydrogens is 348 g/mol. The van der Waals surface area contributed by atoms with Gasteiger partial charge in [0.05, 0.1) is 17.3 Å². The number of aryl methyl sites for hydroxylation is 1. The minimum Gasteiger partial charge on any atom is -0.345 e. The van der Waals surface area contributed by atoms with Crippen LogP contribution in [0.1, 0.15) is 40.5 Å². The first-order chi connectivity index (χ1) is 13.6. The number of para-hydroxylation sites is 1. The molecule has 1 aliphatic carbocycles. The van der Waals surface area contributed by atoms with Gasteiger partial charge in [0.2, 0.25) is 0 Å². The fourth-order valence-electron chi connectivity index (χ4n) is 4.20. The zero-order chi connectivity index (χ0) is 19.7. The third kappa shape index (κ3) is 3.42. The Morgan fingerprint density at radius 2 is 2.00 bits per heavy atom. The lowest BCUT2D eigenvalue weighted by Crippen LogP contribution is -2.33. The molecule has 28 heavy (non-hydrogen) atoms. The molecule has 1 atom stereocenters. The Hall–Kier alpha value is -2.66. The predicted octanol–water partition coefficient (Wildman–Crippen LogP) is 3.75. The van der Waals surface area contributed by atoms with Gasteiger partial charge < -0.3 is 14.4 Å². The highest BCUT2D eigenvalue weighted by atomic mass is 16.2. The summed E-state index contributed by atoms with van der Waals surface area (Å²) in [6.07, 6.45) is 6.96. The summed E-state index contributed by atoms with van der Waals surface area (Å²) in [7, 11) is 6.06. The molecule has 1 unspecified atom stereocenters. The Balaban J connectivity index is 1.68. The van der Waals surface area contributed by atoms with Crippen LogP contribution >= 0.6 is 0 Å². The minimum absolute atomic E-state index is 0.0429. The number of nitrogens with zero attached hydrogens (tertiary/aromatic N) is 4. The van der Waals surface area contributed by atoms with Gasteiger partial charge in [-0.3, -0.25) is 9.78 Å². The SMILES string of the molecule is CN(C)CCn1cc(C(=O)N(C)C2CCCc3cccnc32)c2ccccc21. The molecule has 0 saturated heterocycles. The number of carbonyl (C=O) groups is 1. The summed E-state index contributed by atoms with van der Waals surface area (Å²) >= 11 is 0. The number of benzene rings is 1. The molecule has 4 rings (SSSR count). The fraction of sp³-hybridized carbons (Fsp3) is 0.391. The summed E-state index contributed by atoms with van der Waals surface area (Å²) in [5.41, 5.74) is 4.22. The first-order valence-corrected chi connectivity index (χ1v) is 10.00. The van der Waals surface area contributed by atoms with Crippen molar-refractivity contribution in [2.75, 3.05) is 27.7 Å². The molecule has 1 aliphatic rings. The van der Waals surface area contributed by atoms with Gasteiger partial charge in [0.15, 0.2) is 0 Å². The number of hydrogen-bond donors (Lipinski definition) is 0. The summed E-state index contributed by atoms with van der Waals surface area (Å²) < 4.78 is 2.20. The van der Waals surface area contributed by atoms with Gasteiger partial charge in [-0.25, -0.2) is 0 Å². The molecule has 1 aromatic carbocycles. The lowest BCUT2D eigenvalue weighted by molar-refractivity contribution is 0.0713. The van der Waals surface area contributed by atoms with Crippen LogP contribution < -0.4 is 0 Å². The molecule has 3 aromatic rings. The average Bonchev–Trinajstić information content (AvgIpc) is 3.09. The third-order valence-electron chi connectivity index (χ3n) is 5.76. The molecule has 5 nitrogen and oxygen atoms in total. The quantitative estimate of drug-likeness (QED) is 0.681. The second-order valence-electron chi connectivity index (χ2n) is 7.93. The Morgan fingerprint density at radius 3 is 2.82 bits per heavy atom. The summed E-state index contributed by atoms with van der Waals surface area (Å²) in [5.74, 6) is 0.0725. The van der Waals surface area contributed by atoms with Gasteiger partial charge in [-0.05, 0) is 51.1 Å². The van der Waals surface area contributed by atoms with Gasteiger partial charge in [-0.2, -0.15) is 0 Å². The van der Waals surface area contributed by atoms with Crippen LogP contribution in [-0.2, 0) is 13.0 Å². The van der Waals surface area contributed by atoms with Crippen molar-refractivity contribution >= 4 is 16.8 Å². The highest BCUT2D eigenvalue weighted by Gasteiger charge is 2.29. The molecule has 2 aromatic heterocycles. The molecule has 0 bridgehead atoms. The zero-order valence-electron chi connectivity index (χ0n) is 16.9. The van der Waals surface area contributed by atoms with Crippen molar-refractivity contribution < 1.29 is 4.79 Å². The van der Waals surface area contributed by atoms with Crippen LogP contribution in [0.15, 0.2) is 48.8 Å². The van der Waals surface area contributed by atoms with E-state index in [-0.39, 0.29) is 11.9 Å². The number of pyridine rings is 1. The molecule has 5 heteroatoms. The number of amides is 1. The van der Waals surface area contributed by atoms with Crippen molar-refractivity contribution in [2.45, 2.75) is 31.8 Å². The van der Waals surface area contributed by atoms with Gasteiger partial charge in [0.1, 0.15) is 0 Å². The maximum absolute atomic E-state index is 13.5. The molecule has 0 fully saturated rings. The van der Waals surface area contributed by atoms with E-state index in [2.05, 4.69) is 46.7 Å². The summed E-state index contributed by atoms with van der Waals surface area (Å²) in [4.78, 5) is 22.2. The second-order valence-corrected chi connectivity index (χ2v) is 7.93. The number of hydrogen-bond acceptors (Lipinski definition) is 3. The highest BCUT2D eigenvalue weighted by molar-refractivity contribution is 6.07. The minimum atomic E-state index is 0.0429. The van der Waals surface area contributed by atoms with Gasteiger partial charge in [0, 0.05) is 43.4 Å². The smallest absolute Gasteiger partial charge is 0.256 e. The topological polar surface area (TPSA) is 41.4 Å². The number of fused-ring (bicyclic) bond motifs is 2. The first-order valence-electron chi connectivity index (χ1n) is 10.00. The molecule has 146 valence electrons. The molecular formula is C23H28N4O. The van der Waals surface area contributed by atoms with Crippen LogP contribution in [0.3, 0.4) is 0 Å². The largest absolute Gasteiger partial charge is 0.345 e. The normalized spacial score (nSPS) is 16.4. The Labute approximate surface area is 166 Å². The Bertz CT molecular complexity index is 991. The van der Waals surface area contributed by atoms with Crippen LogP contribution in [0.25, 0.3) is 10.9 Å². The lowest BCUT2D eigenvalue weighted by Gasteiger charge is -2.32. The van der Waals surface area contributed by atoms with E-state index in [0.29, 0.717) is 0 Å². The van der Waals surface area contributed by atoms with E-state index in [0.717, 1.165) is 54.5 Å². The summed E-state index contributed by atoms with van der Waals surface area (Å²) in [6, 6.07) is 12.4. The molecule has 1 amide bonds. The third-order valence-corrected chi connectivity index (χ3v) is 5.76. The zero-order valence-corrected chi connectivity index (χ0v) is 16.9. The van der Waals surface area contributed by atoms with Crippen molar-refractivity contribution in [1.29, 1.82) is 0 Å². The van der Waals surface area contributed by atoms with E-state index in [1.165, 1.54) is 5.56 Å². The van der Waals surface area contributed by atoms with E-state index >= 15 is 0 Å². The number of likely N-dealkylation sites (N-methyl/N-ethyl adjacent to an activating group) is 1. The lowest BCUT2D eigenvalue weighted by atomic mass is 9.91. The second kappa shape index (κ2) is 7.76. The molecule has 0 saturated carbocycles. The van der Waals surface area contributed by atoms with Gasteiger partial charge in [-0.15, -0.1) is 0 Å². The van der Waals surface area contributed by atoms with E-state index in [4.69, 9.17) is 0 Å². The van der Waals surface area contributed by atoms with Gasteiger partial charge >= 0.3 is 0 Å². The van der Waals surface area contributed by atoms with Crippen LogP contribution in [0.2, 0.25) is 0 Å². The van der Waals surface area contributed by atoms with Crippen LogP contribution in [0, 0.1) is 0 Å². The van der Waals surface area contributed by atoms with Gasteiger partial charge in [-0.1, -0.05) is 24.3 Å². The Morgan fingerprint density at radius 1 is 1.18 bits per heavy atom. The van der Waals surface area contributed by atoms with Crippen molar-refractivity contribution in [3.63, 3.8) is 0 Å². The van der Waals surface area contributed by atoms with Crippen molar-refractivity contribution in [2.24, 2.45) is 0 Å². The number of aromatic nitrogens is 2. The molecule has 0 spiro atoms. The van der Waals surface area contributed by atoms with Crippen LogP contribution in [-0.4, -0.2) is 52.9 Å². The average molecular weight is 377 g/mol.